The molecule has 1 aromatic rings. The van der Waals surface area contributed by atoms with Crippen LogP contribution in [0.25, 0.3) is 0 Å². The van der Waals surface area contributed by atoms with Crippen LogP contribution in [0.15, 0.2) is 28.6 Å². The van der Waals surface area contributed by atoms with Gasteiger partial charge < -0.3 is 5.73 Å². The molecule has 0 bridgehead atoms. The second kappa shape index (κ2) is 6.15. The summed E-state index contributed by atoms with van der Waals surface area (Å²) in [5, 5.41) is 2.06. The van der Waals surface area contributed by atoms with Gasteiger partial charge in [0.05, 0.1) is 15.8 Å². The van der Waals surface area contributed by atoms with Gasteiger partial charge in [-0.25, -0.2) is 13.4 Å². The van der Waals surface area contributed by atoms with Gasteiger partial charge in [0.25, 0.3) is 0 Å². The third-order valence-electron chi connectivity index (χ3n) is 2.37. The molecule has 1 atom stereocenters. The molecule has 0 saturated carbocycles. The maximum atomic E-state index is 11.3. The number of hydrogen-bond acceptors (Lipinski definition) is 4. The first-order valence-electron chi connectivity index (χ1n) is 5.33. The van der Waals surface area contributed by atoms with Crippen LogP contribution in [0.4, 0.5) is 5.69 Å². The first-order chi connectivity index (χ1) is 9.27. The third-order valence-corrected chi connectivity index (χ3v) is 5.73. The molecule has 4 nitrogen and oxygen atoms in total. The zero-order valence-electron chi connectivity index (χ0n) is 9.89. The third kappa shape index (κ3) is 4.05. The minimum atomic E-state index is -3.12. The normalized spacial score (nSPS) is 21.4. The fourth-order valence-electron chi connectivity index (χ4n) is 1.55. The van der Waals surface area contributed by atoms with Crippen molar-refractivity contribution in [2.24, 2.45) is 10.7 Å². The molecule has 2 rings (SSSR count). The Hall–Kier alpha value is -0.400. The molecule has 1 aromatic carbocycles. The van der Waals surface area contributed by atoms with E-state index in [0.29, 0.717) is 10.7 Å². The summed E-state index contributed by atoms with van der Waals surface area (Å²) in [6.45, 7) is 0. The zero-order valence-corrected chi connectivity index (χ0v) is 13.8. The first-order valence-corrected chi connectivity index (χ1v) is 9.06. The van der Waals surface area contributed by atoms with Gasteiger partial charge in [0.2, 0.25) is 0 Å². The SMILES string of the molecule is NC(=Nc1c(Cl)cc(Cl)cc1Cl)SC1C=CS(=O)(=O)C1. The van der Waals surface area contributed by atoms with Crippen molar-refractivity contribution in [3.63, 3.8) is 0 Å². The number of sulfone groups is 1. The topological polar surface area (TPSA) is 72.5 Å². The van der Waals surface area contributed by atoms with Crippen LogP contribution in [0.3, 0.4) is 0 Å². The number of rotatable bonds is 2. The predicted molar refractivity (Wildman–Crippen MR) is 87.1 cm³/mol. The van der Waals surface area contributed by atoms with Crippen LogP contribution in [0.5, 0.6) is 0 Å². The largest absolute Gasteiger partial charge is 0.378 e. The molecule has 0 saturated heterocycles. The average molecular weight is 372 g/mol. The lowest BCUT2D eigenvalue weighted by atomic mass is 10.3. The highest BCUT2D eigenvalue weighted by atomic mass is 35.5. The Morgan fingerprint density at radius 3 is 2.40 bits per heavy atom. The van der Waals surface area contributed by atoms with Crippen LogP contribution in [-0.4, -0.2) is 24.6 Å². The molecular weight excluding hydrogens is 363 g/mol. The Labute approximate surface area is 135 Å². The van der Waals surface area contributed by atoms with E-state index in [4.69, 9.17) is 40.5 Å². The Kier molecular flexibility index (Phi) is 4.92. The lowest BCUT2D eigenvalue weighted by Gasteiger charge is -2.07. The van der Waals surface area contributed by atoms with Gasteiger partial charge in [0.1, 0.15) is 5.69 Å². The van der Waals surface area contributed by atoms with Crippen molar-refractivity contribution in [3.8, 4) is 0 Å². The number of thioether (sulfide) groups is 1. The number of benzene rings is 1. The summed E-state index contributed by atoms with van der Waals surface area (Å²) in [6, 6.07) is 3.01. The van der Waals surface area contributed by atoms with Crippen molar-refractivity contribution in [1.29, 1.82) is 0 Å². The Bertz CT molecular complexity index is 679. The number of aliphatic imine (C=N–C) groups is 1. The second-order valence-corrected chi connectivity index (χ2v) is 8.42. The summed E-state index contributed by atoms with van der Waals surface area (Å²) in [4.78, 5) is 4.12. The van der Waals surface area contributed by atoms with E-state index in [1.165, 1.54) is 17.5 Å². The first kappa shape index (κ1) is 16.0. The van der Waals surface area contributed by atoms with Gasteiger partial charge in [-0.1, -0.05) is 52.6 Å². The summed E-state index contributed by atoms with van der Waals surface area (Å²) < 4.78 is 22.6. The quantitative estimate of drug-likeness (QED) is 0.636. The molecule has 108 valence electrons. The molecular formula is C11H9Cl3N2O2S2. The van der Waals surface area contributed by atoms with Gasteiger partial charge in [-0.15, -0.1) is 0 Å². The van der Waals surface area contributed by atoms with E-state index >= 15 is 0 Å². The summed E-state index contributed by atoms with van der Waals surface area (Å²) in [5.74, 6) is 0.00989. The zero-order chi connectivity index (χ0) is 14.9. The maximum Gasteiger partial charge on any atom is 0.172 e. The molecule has 1 aliphatic heterocycles. The number of amidine groups is 1. The lowest BCUT2D eigenvalue weighted by molar-refractivity contribution is 0.606. The van der Waals surface area contributed by atoms with Gasteiger partial charge in [-0.2, -0.15) is 0 Å². The minimum Gasteiger partial charge on any atom is -0.378 e. The molecule has 0 fully saturated rings. The molecule has 20 heavy (non-hydrogen) atoms. The van der Waals surface area contributed by atoms with Gasteiger partial charge in [-0.05, 0) is 12.1 Å². The molecule has 1 unspecified atom stereocenters. The van der Waals surface area contributed by atoms with Gasteiger partial charge in [0, 0.05) is 15.7 Å². The summed E-state index contributed by atoms with van der Waals surface area (Å²) in [6.07, 6.45) is 1.58. The summed E-state index contributed by atoms with van der Waals surface area (Å²) in [7, 11) is -3.12. The van der Waals surface area contributed by atoms with E-state index in [9.17, 15) is 8.42 Å². The van der Waals surface area contributed by atoms with Crippen molar-refractivity contribution in [2.75, 3.05) is 5.75 Å². The van der Waals surface area contributed by atoms with Crippen LogP contribution in [0, 0.1) is 0 Å². The van der Waals surface area contributed by atoms with E-state index in [2.05, 4.69) is 4.99 Å². The van der Waals surface area contributed by atoms with Crippen molar-refractivity contribution in [3.05, 3.63) is 38.7 Å². The number of halogens is 3. The Balaban J connectivity index is 2.18. The van der Waals surface area contributed by atoms with Crippen molar-refractivity contribution >= 4 is 67.3 Å². The highest BCUT2D eigenvalue weighted by Gasteiger charge is 2.23. The van der Waals surface area contributed by atoms with E-state index in [1.807, 2.05) is 0 Å². The second-order valence-electron chi connectivity index (χ2n) is 3.98. The van der Waals surface area contributed by atoms with Crippen molar-refractivity contribution < 1.29 is 8.42 Å². The minimum absolute atomic E-state index is 0.00989. The molecule has 0 aliphatic carbocycles. The summed E-state index contributed by atoms with van der Waals surface area (Å²) in [5.41, 5.74) is 6.10. The van der Waals surface area contributed by atoms with Crippen molar-refractivity contribution in [1.82, 2.24) is 0 Å². The summed E-state index contributed by atoms with van der Waals surface area (Å²) >= 11 is 18.9. The Morgan fingerprint density at radius 1 is 1.30 bits per heavy atom. The number of nitrogens with zero attached hydrogens (tertiary/aromatic N) is 1. The molecule has 1 aliphatic rings. The standard InChI is InChI=1S/C11H9Cl3N2O2S2/c12-6-3-8(13)10(9(14)4-6)16-11(15)19-7-1-2-20(17,18)5-7/h1-4,7H,5H2,(H2,15,16). The lowest BCUT2D eigenvalue weighted by Crippen LogP contribution is -2.15. The van der Waals surface area contributed by atoms with Crippen LogP contribution in [-0.2, 0) is 9.84 Å². The molecule has 2 N–H and O–H groups in total. The molecule has 9 heteroatoms. The number of hydrogen-bond donors (Lipinski definition) is 1. The van der Waals surface area contributed by atoms with E-state index in [1.54, 1.807) is 6.08 Å². The highest BCUT2D eigenvalue weighted by molar-refractivity contribution is 8.15. The van der Waals surface area contributed by atoms with Crippen LogP contribution in [0.2, 0.25) is 15.1 Å². The molecule has 1 heterocycles. The Morgan fingerprint density at radius 2 is 1.90 bits per heavy atom. The monoisotopic (exact) mass is 370 g/mol. The van der Waals surface area contributed by atoms with Gasteiger partial charge >= 0.3 is 0 Å². The molecule has 0 spiro atoms. The number of nitrogens with two attached hydrogens (primary N) is 1. The molecule has 0 radical (unpaired) electrons. The highest BCUT2D eigenvalue weighted by Crippen LogP contribution is 2.36. The molecule has 0 amide bonds. The fourth-order valence-corrected chi connectivity index (χ4v) is 5.12. The fraction of sp³-hybridized carbons (Fsp3) is 0.182. The average Bonchev–Trinajstić information content (AvgIpc) is 2.63. The van der Waals surface area contributed by atoms with Crippen molar-refractivity contribution in [2.45, 2.75) is 5.25 Å². The van der Waals surface area contributed by atoms with E-state index in [-0.39, 0.29) is 26.2 Å². The van der Waals surface area contributed by atoms with Crippen LogP contribution >= 0.6 is 46.6 Å². The molecule has 0 aromatic heterocycles. The van der Waals surface area contributed by atoms with Gasteiger partial charge in [-0.3, -0.25) is 0 Å². The van der Waals surface area contributed by atoms with E-state index < -0.39 is 9.84 Å². The van der Waals surface area contributed by atoms with E-state index in [0.717, 1.165) is 11.8 Å². The maximum absolute atomic E-state index is 11.3. The van der Waals surface area contributed by atoms with Crippen LogP contribution < -0.4 is 5.73 Å². The van der Waals surface area contributed by atoms with Gasteiger partial charge in [0.15, 0.2) is 15.0 Å². The van der Waals surface area contributed by atoms with Crippen LogP contribution in [0.1, 0.15) is 0 Å². The smallest absolute Gasteiger partial charge is 0.172 e. The predicted octanol–water partition coefficient (Wildman–Crippen LogP) is 3.64.